The highest BCUT2D eigenvalue weighted by Gasteiger charge is 2.19. The van der Waals surface area contributed by atoms with E-state index < -0.39 is 12.0 Å². The molecule has 0 atom stereocenters. The summed E-state index contributed by atoms with van der Waals surface area (Å²) in [4.78, 5) is 23.1. The summed E-state index contributed by atoms with van der Waals surface area (Å²) in [5.41, 5.74) is 2.42. The van der Waals surface area contributed by atoms with E-state index in [1.807, 2.05) is 0 Å². The number of halogens is 2. The number of carbonyl (C=O) groups excluding carboxylic acids is 1. The van der Waals surface area contributed by atoms with E-state index >= 15 is 0 Å². The molecule has 0 aromatic heterocycles. The number of rotatable bonds is 3. The maximum atomic E-state index is 11.9. The van der Waals surface area contributed by atoms with Gasteiger partial charge in [-0.15, -0.1) is 0 Å². The summed E-state index contributed by atoms with van der Waals surface area (Å²) in [7, 11) is 0. The lowest BCUT2D eigenvalue weighted by atomic mass is 10.2. The van der Waals surface area contributed by atoms with Crippen LogP contribution in [0.2, 0.25) is 10.0 Å². The number of anilines is 1. The lowest BCUT2D eigenvalue weighted by molar-refractivity contribution is 0.0207. The quantitative estimate of drug-likeness (QED) is 0.787. The molecule has 2 amide bonds. The van der Waals surface area contributed by atoms with Gasteiger partial charge in [-0.2, -0.15) is 0 Å². The second-order valence-corrected chi connectivity index (χ2v) is 5.12. The Hall–Kier alpha value is -1.54. The molecule has 0 unspecified atom stereocenters. The first-order valence-electron chi connectivity index (χ1n) is 6.10. The molecule has 0 bridgehead atoms. The first-order chi connectivity index (χ1) is 9.97. The van der Waals surface area contributed by atoms with Crippen LogP contribution in [-0.2, 0) is 4.74 Å². The number of nitrogens with one attached hydrogen (secondary N) is 2. The smallest absolute Gasteiger partial charge is 0.337 e. The Morgan fingerprint density at radius 2 is 1.90 bits per heavy atom. The number of carbonyl (C=O) groups is 2. The maximum Gasteiger partial charge on any atom is 0.337 e. The van der Waals surface area contributed by atoms with Gasteiger partial charge in [0, 0.05) is 18.1 Å². The van der Waals surface area contributed by atoms with Crippen molar-refractivity contribution in [2.45, 2.75) is 0 Å². The first-order valence-corrected chi connectivity index (χ1v) is 6.85. The molecule has 1 aliphatic heterocycles. The van der Waals surface area contributed by atoms with Crippen molar-refractivity contribution in [2.75, 3.05) is 31.6 Å². The lowest BCUT2D eigenvalue weighted by Crippen LogP contribution is -2.49. The normalized spacial score (nSPS) is 15.5. The molecule has 1 aromatic carbocycles. The van der Waals surface area contributed by atoms with E-state index in [0.29, 0.717) is 26.3 Å². The Balaban J connectivity index is 2.11. The number of urea groups is 1. The lowest BCUT2D eigenvalue weighted by Gasteiger charge is -2.27. The van der Waals surface area contributed by atoms with Crippen LogP contribution in [0.15, 0.2) is 12.1 Å². The minimum atomic E-state index is -1.24. The molecule has 0 saturated carbocycles. The van der Waals surface area contributed by atoms with Crippen molar-refractivity contribution in [3.63, 3.8) is 0 Å². The molecule has 0 aliphatic carbocycles. The van der Waals surface area contributed by atoms with Crippen LogP contribution >= 0.6 is 23.2 Å². The fourth-order valence-electron chi connectivity index (χ4n) is 1.83. The molecule has 0 spiro atoms. The second-order valence-electron chi connectivity index (χ2n) is 4.28. The number of aromatic carboxylic acids is 1. The fraction of sp³-hybridized carbons (Fsp3) is 0.333. The van der Waals surface area contributed by atoms with Crippen LogP contribution in [0.25, 0.3) is 0 Å². The van der Waals surface area contributed by atoms with Crippen LogP contribution in [0.3, 0.4) is 0 Å². The summed E-state index contributed by atoms with van der Waals surface area (Å²) in [6.07, 6.45) is 0. The molecule has 1 aromatic rings. The van der Waals surface area contributed by atoms with E-state index in [4.69, 9.17) is 33.0 Å². The minimum Gasteiger partial charge on any atom is -0.478 e. The summed E-state index contributed by atoms with van der Waals surface area (Å²) < 4.78 is 5.16. The molecule has 7 nitrogen and oxygen atoms in total. The zero-order chi connectivity index (χ0) is 15.4. The number of hydrogen-bond acceptors (Lipinski definition) is 4. The number of carboxylic acid groups (broad SMARTS) is 1. The summed E-state index contributed by atoms with van der Waals surface area (Å²) >= 11 is 11.7. The number of ether oxygens (including phenoxy) is 1. The minimum absolute atomic E-state index is 0.000624. The molecule has 1 fully saturated rings. The predicted molar refractivity (Wildman–Crippen MR) is 78.0 cm³/mol. The molecule has 0 radical (unpaired) electrons. The van der Waals surface area contributed by atoms with Gasteiger partial charge in [0.05, 0.1) is 29.5 Å². The molecular formula is C12H13Cl2N3O4. The average Bonchev–Trinajstić information content (AvgIpc) is 2.42. The van der Waals surface area contributed by atoms with Crippen LogP contribution in [-0.4, -0.2) is 48.4 Å². The molecule has 2 rings (SSSR count). The van der Waals surface area contributed by atoms with Gasteiger partial charge >= 0.3 is 12.0 Å². The zero-order valence-electron chi connectivity index (χ0n) is 10.9. The van der Waals surface area contributed by atoms with Gasteiger partial charge in [-0.3, -0.25) is 5.43 Å². The largest absolute Gasteiger partial charge is 0.478 e. The fourth-order valence-corrected chi connectivity index (χ4v) is 2.37. The third kappa shape index (κ3) is 4.21. The molecule has 1 saturated heterocycles. The average molecular weight is 334 g/mol. The van der Waals surface area contributed by atoms with Gasteiger partial charge in [-0.05, 0) is 12.1 Å². The standard InChI is InChI=1S/C12H13Cl2N3O4/c13-7-5-8(11(18)19)10(9(14)6-7)15-12(20)16-17-1-3-21-4-2-17/h5-6H,1-4H2,(H,18,19)(H2,15,16,20). The van der Waals surface area contributed by atoms with Crippen molar-refractivity contribution in [3.8, 4) is 0 Å². The topological polar surface area (TPSA) is 90.9 Å². The highest BCUT2D eigenvalue weighted by molar-refractivity contribution is 6.37. The number of hydrazine groups is 1. The Labute approximate surface area is 130 Å². The van der Waals surface area contributed by atoms with Gasteiger partial charge in [-0.1, -0.05) is 23.2 Å². The van der Waals surface area contributed by atoms with Crippen LogP contribution in [0, 0.1) is 0 Å². The van der Waals surface area contributed by atoms with Gasteiger partial charge in [-0.25, -0.2) is 14.6 Å². The molecule has 1 heterocycles. The predicted octanol–water partition coefficient (Wildman–Crippen LogP) is 2.06. The molecular weight excluding hydrogens is 321 g/mol. The van der Waals surface area contributed by atoms with Crippen LogP contribution in [0.4, 0.5) is 10.5 Å². The Kier molecular flexibility index (Phi) is 5.24. The van der Waals surface area contributed by atoms with Gasteiger partial charge in [0.2, 0.25) is 0 Å². The van der Waals surface area contributed by atoms with E-state index in [2.05, 4.69) is 10.7 Å². The monoisotopic (exact) mass is 333 g/mol. The number of hydrogen-bond donors (Lipinski definition) is 3. The van der Waals surface area contributed by atoms with Crippen LogP contribution in [0.5, 0.6) is 0 Å². The molecule has 1 aliphatic rings. The Morgan fingerprint density at radius 3 is 2.52 bits per heavy atom. The summed E-state index contributed by atoms with van der Waals surface area (Å²) in [6, 6.07) is 2.00. The van der Waals surface area contributed by atoms with Gasteiger partial charge in [0.15, 0.2) is 0 Å². The Bertz CT molecular complexity index is 562. The summed E-state index contributed by atoms with van der Waals surface area (Å²) in [5.74, 6) is -1.24. The van der Waals surface area contributed by atoms with Crippen molar-refractivity contribution >= 4 is 40.9 Å². The zero-order valence-corrected chi connectivity index (χ0v) is 12.4. The first kappa shape index (κ1) is 15.8. The number of benzene rings is 1. The Morgan fingerprint density at radius 1 is 1.24 bits per heavy atom. The third-order valence-corrected chi connectivity index (χ3v) is 3.31. The van der Waals surface area contributed by atoms with E-state index in [1.54, 1.807) is 5.01 Å². The molecule has 3 N–H and O–H groups in total. The van der Waals surface area contributed by atoms with Crippen molar-refractivity contribution in [1.29, 1.82) is 0 Å². The molecule has 21 heavy (non-hydrogen) atoms. The maximum absolute atomic E-state index is 11.9. The van der Waals surface area contributed by atoms with Gasteiger partial charge in [0.25, 0.3) is 0 Å². The van der Waals surface area contributed by atoms with E-state index in [-0.39, 0.29) is 21.3 Å². The van der Waals surface area contributed by atoms with Crippen molar-refractivity contribution in [1.82, 2.24) is 10.4 Å². The number of nitrogens with zero attached hydrogens (tertiary/aromatic N) is 1. The van der Waals surface area contributed by atoms with Crippen LogP contribution < -0.4 is 10.7 Å². The highest BCUT2D eigenvalue weighted by Crippen LogP contribution is 2.30. The van der Waals surface area contributed by atoms with E-state index in [9.17, 15) is 9.59 Å². The highest BCUT2D eigenvalue weighted by atomic mass is 35.5. The third-order valence-electron chi connectivity index (χ3n) is 2.79. The number of morpholine rings is 1. The van der Waals surface area contributed by atoms with E-state index in [0.717, 1.165) is 0 Å². The summed E-state index contributed by atoms with van der Waals surface area (Å²) in [6.45, 7) is 2.13. The van der Waals surface area contributed by atoms with Gasteiger partial charge in [0.1, 0.15) is 0 Å². The SMILES string of the molecule is O=C(Nc1c(Cl)cc(Cl)cc1C(=O)O)NN1CCOCC1. The van der Waals surface area contributed by atoms with Gasteiger partial charge < -0.3 is 15.2 Å². The molecule has 114 valence electrons. The van der Waals surface area contributed by atoms with Crippen molar-refractivity contribution in [2.24, 2.45) is 0 Å². The van der Waals surface area contributed by atoms with Crippen molar-refractivity contribution in [3.05, 3.63) is 27.7 Å². The number of amides is 2. The van der Waals surface area contributed by atoms with Crippen LogP contribution in [0.1, 0.15) is 10.4 Å². The molecule has 9 heteroatoms. The summed E-state index contributed by atoms with van der Waals surface area (Å²) in [5, 5.41) is 13.5. The number of carboxylic acids is 1. The van der Waals surface area contributed by atoms with E-state index in [1.165, 1.54) is 12.1 Å². The second kappa shape index (κ2) is 6.95. The van der Waals surface area contributed by atoms with Crippen molar-refractivity contribution < 1.29 is 19.4 Å².